The Morgan fingerprint density at radius 3 is 1.33 bits per heavy atom. The molecule has 0 aliphatic heterocycles. The molecule has 0 bridgehead atoms. The molecule has 2 unspecified atom stereocenters. The zero-order valence-electron chi connectivity index (χ0n) is 28.8. The van der Waals surface area contributed by atoms with E-state index in [1.807, 2.05) is 52.0 Å². The molecule has 0 saturated carbocycles. The summed E-state index contributed by atoms with van der Waals surface area (Å²) < 4.78 is 4.69. The predicted octanol–water partition coefficient (Wildman–Crippen LogP) is 10.1. The van der Waals surface area contributed by atoms with Crippen molar-refractivity contribution in [3.8, 4) is 0 Å². The quantitative estimate of drug-likeness (QED) is 0.202. The topological polar surface area (TPSA) is 50.3 Å². The van der Waals surface area contributed by atoms with Crippen LogP contribution < -0.4 is 0 Å². The van der Waals surface area contributed by atoms with Crippen molar-refractivity contribution in [2.24, 2.45) is 0 Å². The second kappa shape index (κ2) is 11.5. The first kappa shape index (κ1) is 31.1. The van der Waals surface area contributed by atoms with Crippen LogP contribution in [0.1, 0.15) is 59.7 Å². The molecule has 9 rings (SSSR count). The van der Waals surface area contributed by atoms with Crippen molar-refractivity contribution >= 4 is 43.6 Å². The van der Waals surface area contributed by atoms with Crippen LogP contribution in [0, 0.1) is 13.8 Å². The Balaban J connectivity index is 0.000000193. The number of rotatable bonds is 3. The van der Waals surface area contributed by atoms with Crippen LogP contribution in [-0.2, 0) is 24.3 Å². The summed E-state index contributed by atoms with van der Waals surface area (Å²) in [7, 11) is 0. The lowest BCUT2D eigenvalue weighted by molar-refractivity contribution is 0.0490. The third-order valence-corrected chi connectivity index (χ3v) is 10.8. The first-order valence-corrected chi connectivity index (χ1v) is 17.2. The van der Waals surface area contributed by atoms with Crippen molar-refractivity contribution in [2.75, 3.05) is 0 Å². The molecular weight excluding hydrogens is 601 g/mol. The molecule has 0 spiro atoms. The standard InChI is InChI=1S/C31H29NO2.C14H13N/c1-19-16-17-20(2)28-27(19)30(3,33)24-13-9-10-21(29(24)31(28,4)34)18-32-25-14-7-5-11-22(25)23-12-6-8-15-26(23)32;1-2-15-13-9-5-3-7-11(13)12-8-4-6-10-14(12)15/h5-17,33-34H,18H2,1-4H3;3-10H,2H2,1H3. The van der Waals surface area contributed by atoms with Crippen LogP contribution in [0.4, 0.5) is 0 Å². The SMILES string of the molecule is CCn1c2ccccc2c2ccccc21.Cc1ccc(C)c2c1C(C)(O)c1cccc(Cn3c4ccccc4c4ccccc43)c1C2(C)O. The molecule has 1 aliphatic carbocycles. The van der Waals surface area contributed by atoms with E-state index in [4.69, 9.17) is 0 Å². The van der Waals surface area contributed by atoms with Gasteiger partial charge in [0, 0.05) is 56.7 Å². The summed E-state index contributed by atoms with van der Waals surface area (Å²) in [6.07, 6.45) is 0. The maximum absolute atomic E-state index is 12.1. The molecule has 0 amide bonds. The van der Waals surface area contributed by atoms with Gasteiger partial charge in [0.15, 0.2) is 0 Å². The van der Waals surface area contributed by atoms with Gasteiger partial charge in [-0.05, 0) is 97.8 Å². The second-order valence-corrected chi connectivity index (χ2v) is 13.8. The number of aromatic nitrogens is 2. The summed E-state index contributed by atoms with van der Waals surface area (Å²) in [4.78, 5) is 0. The predicted molar refractivity (Wildman–Crippen MR) is 203 cm³/mol. The molecule has 2 N–H and O–H groups in total. The van der Waals surface area contributed by atoms with E-state index < -0.39 is 11.2 Å². The van der Waals surface area contributed by atoms with Crippen molar-refractivity contribution < 1.29 is 10.2 Å². The van der Waals surface area contributed by atoms with E-state index in [-0.39, 0.29) is 0 Å². The average molecular weight is 643 g/mol. The van der Waals surface area contributed by atoms with Crippen LogP contribution in [0.15, 0.2) is 127 Å². The van der Waals surface area contributed by atoms with Gasteiger partial charge in [-0.3, -0.25) is 0 Å². The Morgan fingerprint density at radius 1 is 0.469 bits per heavy atom. The van der Waals surface area contributed by atoms with Crippen LogP contribution in [0.3, 0.4) is 0 Å². The highest BCUT2D eigenvalue weighted by Crippen LogP contribution is 2.51. The van der Waals surface area contributed by atoms with Gasteiger partial charge in [0.2, 0.25) is 0 Å². The first-order valence-electron chi connectivity index (χ1n) is 17.2. The molecule has 2 heterocycles. The van der Waals surface area contributed by atoms with Gasteiger partial charge in [-0.1, -0.05) is 103 Å². The largest absolute Gasteiger partial charge is 0.381 e. The van der Waals surface area contributed by atoms with Gasteiger partial charge in [0.1, 0.15) is 11.2 Å². The number of aliphatic hydroxyl groups is 2. The molecule has 1 aliphatic rings. The Labute approximate surface area is 287 Å². The monoisotopic (exact) mass is 642 g/mol. The molecule has 4 heteroatoms. The second-order valence-electron chi connectivity index (χ2n) is 13.8. The van der Waals surface area contributed by atoms with E-state index in [2.05, 4.69) is 119 Å². The smallest absolute Gasteiger partial charge is 0.113 e. The lowest BCUT2D eigenvalue weighted by atomic mass is 9.65. The van der Waals surface area contributed by atoms with Gasteiger partial charge in [-0.15, -0.1) is 0 Å². The van der Waals surface area contributed by atoms with Gasteiger partial charge >= 0.3 is 0 Å². The van der Waals surface area contributed by atoms with Crippen LogP contribution in [0.2, 0.25) is 0 Å². The summed E-state index contributed by atoms with van der Waals surface area (Å²) in [6.45, 7) is 11.6. The van der Waals surface area contributed by atoms with E-state index in [0.29, 0.717) is 6.54 Å². The number of fused-ring (bicyclic) bond motifs is 8. The normalized spacial score (nSPS) is 18.4. The summed E-state index contributed by atoms with van der Waals surface area (Å²) in [5, 5.41) is 29.2. The zero-order chi connectivity index (χ0) is 34.1. The Morgan fingerprint density at radius 2 is 0.878 bits per heavy atom. The molecule has 4 nitrogen and oxygen atoms in total. The van der Waals surface area contributed by atoms with Crippen molar-refractivity contribution in [3.05, 3.63) is 166 Å². The Kier molecular flexibility index (Phi) is 7.29. The fraction of sp³-hybridized carbons (Fsp3) is 0.200. The molecule has 2 atom stereocenters. The van der Waals surface area contributed by atoms with E-state index >= 15 is 0 Å². The molecule has 0 fully saturated rings. The van der Waals surface area contributed by atoms with Gasteiger partial charge in [0.05, 0.1) is 0 Å². The maximum atomic E-state index is 12.1. The molecular formula is C45H42N2O2. The third kappa shape index (κ3) is 4.66. The van der Waals surface area contributed by atoms with Gasteiger partial charge in [0.25, 0.3) is 0 Å². The lowest BCUT2D eigenvalue weighted by Crippen LogP contribution is -2.42. The van der Waals surface area contributed by atoms with Crippen molar-refractivity contribution in [1.82, 2.24) is 9.13 Å². The van der Waals surface area contributed by atoms with Crippen molar-refractivity contribution in [1.29, 1.82) is 0 Å². The molecule has 0 radical (unpaired) electrons. The number of aryl methyl sites for hydroxylation is 3. The first-order chi connectivity index (χ1) is 23.6. The zero-order valence-corrected chi connectivity index (χ0v) is 28.8. The molecule has 8 aromatic rings. The number of nitrogens with zero attached hydrogens (tertiary/aromatic N) is 2. The number of benzene rings is 6. The summed E-state index contributed by atoms with van der Waals surface area (Å²) in [5.74, 6) is 0. The molecule has 6 aromatic carbocycles. The molecule has 244 valence electrons. The van der Waals surface area contributed by atoms with Crippen molar-refractivity contribution in [2.45, 2.75) is 58.9 Å². The van der Waals surface area contributed by atoms with Gasteiger partial charge in [-0.2, -0.15) is 0 Å². The highest BCUT2D eigenvalue weighted by atomic mass is 16.3. The van der Waals surface area contributed by atoms with E-state index in [1.54, 1.807) is 0 Å². The highest BCUT2D eigenvalue weighted by molar-refractivity contribution is 6.08. The minimum atomic E-state index is -1.22. The lowest BCUT2D eigenvalue weighted by Gasteiger charge is -2.44. The summed E-state index contributed by atoms with van der Waals surface area (Å²) in [5.41, 5.74) is 8.79. The summed E-state index contributed by atoms with van der Waals surface area (Å²) >= 11 is 0. The van der Waals surface area contributed by atoms with Crippen LogP contribution >= 0.6 is 0 Å². The molecule has 2 aromatic heterocycles. The average Bonchev–Trinajstić information content (AvgIpc) is 3.61. The maximum Gasteiger partial charge on any atom is 0.113 e. The molecule has 0 saturated heterocycles. The van der Waals surface area contributed by atoms with Crippen LogP contribution in [-0.4, -0.2) is 19.3 Å². The number of para-hydroxylation sites is 4. The number of hydrogen-bond acceptors (Lipinski definition) is 2. The molecule has 49 heavy (non-hydrogen) atoms. The minimum absolute atomic E-state index is 0.601. The van der Waals surface area contributed by atoms with Crippen molar-refractivity contribution in [3.63, 3.8) is 0 Å². The highest BCUT2D eigenvalue weighted by Gasteiger charge is 2.47. The fourth-order valence-corrected chi connectivity index (χ4v) is 8.73. The van der Waals surface area contributed by atoms with Gasteiger partial charge in [-0.25, -0.2) is 0 Å². The van der Waals surface area contributed by atoms with Gasteiger partial charge < -0.3 is 19.3 Å². The fourth-order valence-electron chi connectivity index (χ4n) is 8.73. The number of hydrogen-bond donors (Lipinski definition) is 2. The summed E-state index contributed by atoms with van der Waals surface area (Å²) in [6, 6.07) is 44.3. The third-order valence-electron chi connectivity index (χ3n) is 10.8. The Hall–Kier alpha value is -5.16. The Bertz CT molecular complexity index is 2440. The van der Waals surface area contributed by atoms with E-state index in [0.717, 1.165) is 56.5 Å². The van der Waals surface area contributed by atoms with Crippen LogP contribution in [0.25, 0.3) is 43.6 Å². The van der Waals surface area contributed by atoms with E-state index in [1.165, 1.54) is 32.6 Å². The minimum Gasteiger partial charge on any atom is -0.381 e. The van der Waals surface area contributed by atoms with Crippen LogP contribution in [0.5, 0.6) is 0 Å². The van der Waals surface area contributed by atoms with E-state index in [9.17, 15) is 10.2 Å².